The fraction of sp³-hybridized carbons (Fsp3) is 0.435. The lowest BCUT2D eigenvalue weighted by Crippen LogP contribution is -2.50. The number of halogens is 1. The van der Waals surface area contributed by atoms with Crippen molar-refractivity contribution in [2.24, 2.45) is 5.92 Å². The zero-order valence-electron chi connectivity index (χ0n) is 19.5. The summed E-state index contributed by atoms with van der Waals surface area (Å²) in [4.78, 5) is 38.5. The second-order valence-electron chi connectivity index (χ2n) is 8.94. The zero-order valence-corrected chi connectivity index (χ0v) is 19.5. The zero-order chi connectivity index (χ0) is 24.5. The van der Waals surface area contributed by atoms with Crippen LogP contribution in [-0.4, -0.2) is 75.6 Å². The van der Waals surface area contributed by atoms with Crippen LogP contribution in [0.5, 0.6) is 0 Å². The van der Waals surface area contributed by atoms with Crippen LogP contribution in [-0.2, 0) is 4.79 Å². The Kier molecular flexibility index (Phi) is 6.20. The third-order valence-electron chi connectivity index (χ3n) is 6.63. The van der Waals surface area contributed by atoms with Gasteiger partial charge in [-0.15, -0.1) is 5.10 Å². The number of nitrogen functional groups attached to an aromatic ring is 1. The molecular formula is C23H28FN9O2. The molecule has 5 heterocycles. The van der Waals surface area contributed by atoms with Gasteiger partial charge in [0.15, 0.2) is 17.3 Å². The Balaban J connectivity index is 1.33. The molecule has 12 heteroatoms. The SMILES string of the molecule is Cc1cncc(NC(=O)c2c(N)nn3cc(F)cnc23)c1N1CCC(C(=O)N2CCNCC2)CC1. The van der Waals surface area contributed by atoms with Crippen LogP contribution < -0.4 is 21.3 Å². The molecule has 0 aliphatic carbocycles. The maximum Gasteiger partial charge on any atom is 0.263 e. The fourth-order valence-electron chi connectivity index (χ4n) is 4.89. The number of hydrogen-bond donors (Lipinski definition) is 3. The highest BCUT2D eigenvalue weighted by molar-refractivity contribution is 6.12. The van der Waals surface area contributed by atoms with Gasteiger partial charge in [0.05, 0.1) is 30.0 Å². The van der Waals surface area contributed by atoms with Gasteiger partial charge >= 0.3 is 0 Å². The summed E-state index contributed by atoms with van der Waals surface area (Å²) in [5, 5.41) is 10.2. The Hall–Kier alpha value is -3.80. The summed E-state index contributed by atoms with van der Waals surface area (Å²) in [7, 11) is 0. The smallest absolute Gasteiger partial charge is 0.263 e. The van der Waals surface area contributed by atoms with Gasteiger partial charge in [-0.3, -0.25) is 14.6 Å². The first-order chi connectivity index (χ1) is 16.9. The van der Waals surface area contributed by atoms with Crippen molar-refractivity contribution in [3.05, 3.63) is 41.7 Å². The maximum absolute atomic E-state index is 13.5. The summed E-state index contributed by atoms with van der Waals surface area (Å²) in [6.45, 7) is 6.51. The molecule has 0 aromatic carbocycles. The van der Waals surface area contributed by atoms with Crippen molar-refractivity contribution in [3.8, 4) is 0 Å². The van der Waals surface area contributed by atoms with E-state index in [1.807, 2.05) is 11.8 Å². The predicted octanol–water partition coefficient (Wildman–Crippen LogP) is 1.05. The molecule has 11 nitrogen and oxygen atoms in total. The second kappa shape index (κ2) is 9.45. The largest absolute Gasteiger partial charge is 0.381 e. The summed E-state index contributed by atoms with van der Waals surface area (Å²) < 4.78 is 14.7. The monoisotopic (exact) mass is 481 g/mol. The molecule has 0 bridgehead atoms. The molecule has 2 fully saturated rings. The Morgan fingerprint density at radius 2 is 1.89 bits per heavy atom. The molecule has 0 saturated carbocycles. The number of pyridine rings is 1. The quantitative estimate of drug-likeness (QED) is 0.504. The van der Waals surface area contributed by atoms with E-state index >= 15 is 0 Å². The number of aromatic nitrogens is 4. The molecule has 0 unspecified atom stereocenters. The first-order valence-electron chi connectivity index (χ1n) is 11.7. The van der Waals surface area contributed by atoms with Crippen molar-refractivity contribution in [1.29, 1.82) is 0 Å². The van der Waals surface area contributed by atoms with Crippen molar-refractivity contribution in [2.75, 3.05) is 55.2 Å². The number of anilines is 3. The van der Waals surface area contributed by atoms with Crippen molar-refractivity contribution in [3.63, 3.8) is 0 Å². The van der Waals surface area contributed by atoms with E-state index in [-0.39, 0.29) is 28.9 Å². The fourth-order valence-corrected chi connectivity index (χ4v) is 4.89. The van der Waals surface area contributed by atoms with E-state index in [0.717, 1.165) is 67.2 Å². The van der Waals surface area contributed by atoms with Crippen LogP contribution in [0.15, 0.2) is 24.8 Å². The molecular weight excluding hydrogens is 453 g/mol. The van der Waals surface area contributed by atoms with Crippen molar-refractivity contribution in [1.82, 2.24) is 29.8 Å². The number of piperidine rings is 1. The first-order valence-corrected chi connectivity index (χ1v) is 11.7. The Morgan fingerprint density at radius 1 is 1.14 bits per heavy atom. The molecule has 4 N–H and O–H groups in total. The Labute approximate surface area is 201 Å². The van der Waals surface area contributed by atoms with E-state index < -0.39 is 11.7 Å². The molecule has 3 aromatic rings. The molecule has 0 spiro atoms. The molecule has 5 rings (SSSR count). The maximum atomic E-state index is 13.5. The van der Waals surface area contributed by atoms with Gasteiger partial charge in [0.2, 0.25) is 5.91 Å². The van der Waals surface area contributed by atoms with Gasteiger partial charge in [-0.2, -0.15) is 0 Å². The van der Waals surface area contributed by atoms with E-state index in [1.165, 1.54) is 0 Å². The van der Waals surface area contributed by atoms with E-state index in [9.17, 15) is 14.0 Å². The number of amides is 2. The average molecular weight is 482 g/mol. The predicted molar refractivity (Wildman–Crippen MR) is 129 cm³/mol. The van der Waals surface area contributed by atoms with Crippen molar-refractivity contribution < 1.29 is 14.0 Å². The van der Waals surface area contributed by atoms with Crippen LogP contribution in [0.2, 0.25) is 0 Å². The summed E-state index contributed by atoms with van der Waals surface area (Å²) in [6.07, 6.45) is 6.95. The number of carbonyl (C=O) groups is 2. The number of nitrogens with zero attached hydrogens (tertiary/aromatic N) is 6. The number of nitrogens with one attached hydrogen (secondary N) is 2. The van der Waals surface area contributed by atoms with E-state index in [4.69, 9.17) is 5.73 Å². The molecule has 35 heavy (non-hydrogen) atoms. The lowest BCUT2D eigenvalue weighted by molar-refractivity contribution is -0.136. The lowest BCUT2D eigenvalue weighted by atomic mass is 9.94. The molecule has 0 radical (unpaired) electrons. The molecule has 2 aliphatic rings. The molecule has 184 valence electrons. The molecule has 3 aromatic heterocycles. The van der Waals surface area contributed by atoms with E-state index in [0.29, 0.717) is 18.8 Å². The number of carbonyl (C=O) groups excluding carboxylic acids is 2. The number of nitrogens with two attached hydrogens (primary N) is 1. The minimum atomic E-state index is -0.587. The van der Waals surface area contributed by atoms with E-state index in [1.54, 1.807) is 12.4 Å². The lowest BCUT2D eigenvalue weighted by Gasteiger charge is -2.37. The normalized spacial score (nSPS) is 17.1. The molecule has 2 aliphatic heterocycles. The van der Waals surface area contributed by atoms with Crippen LogP contribution >= 0.6 is 0 Å². The first kappa shape index (κ1) is 23.0. The Bertz CT molecular complexity index is 1260. The van der Waals surface area contributed by atoms with Gasteiger partial charge in [-0.25, -0.2) is 13.9 Å². The van der Waals surface area contributed by atoms with Gasteiger partial charge < -0.3 is 26.2 Å². The van der Waals surface area contributed by atoms with Crippen molar-refractivity contribution in [2.45, 2.75) is 19.8 Å². The summed E-state index contributed by atoms with van der Waals surface area (Å²) >= 11 is 0. The highest BCUT2D eigenvalue weighted by Gasteiger charge is 2.31. The van der Waals surface area contributed by atoms with Gasteiger partial charge in [-0.1, -0.05) is 0 Å². The highest BCUT2D eigenvalue weighted by atomic mass is 19.1. The second-order valence-corrected chi connectivity index (χ2v) is 8.94. The van der Waals surface area contributed by atoms with Crippen LogP contribution in [0.4, 0.5) is 21.6 Å². The number of hydrogen-bond acceptors (Lipinski definition) is 8. The summed E-state index contributed by atoms with van der Waals surface area (Å²) in [6, 6.07) is 0. The average Bonchev–Trinajstić information content (AvgIpc) is 3.19. The van der Waals surface area contributed by atoms with Crippen LogP contribution in [0.25, 0.3) is 5.65 Å². The van der Waals surface area contributed by atoms with Crippen LogP contribution in [0.3, 0.4) is 0 Å². The third kappa shape index (κ3) is 4.48. The van der Waals surface area contributed by atoms with Gasteiger partial charge in [0.25, 0.3) is 5.91 Å². The van der Waals surface area contributed by atoms with Crippen LogP contribution in [0.1, 0.15) is 28.8 Å². The standard InChI is InChI=1S/C23H28FN9O2/c1-14-10-27-12-17(29-22(34)18-20(25)30-33-13-16(24)11-28-21(18)33)19(14)31-6-2-15(3-7-31)23(35)32-8-4-26-5-9-32/h10-13,15,26H,2-9H2,1H3,(H2,25,30)(H,29,34). The number of fused-ring (bicyclic) bond motifs is 1. The minimum absolute atomic E-state index is 0.00888. The molecule has 2 amide bonds. The molecule has 0 atom stereocenters. The van der Waals surface area contributed by atoms with Gasteiger partial charge in [-0.05, 0) is 25.3 Å². The third-order valence-corrected chi connectivity index (χ3v) is 6.63. The molecule has 2 saturated heterocycles. The minimum Gasteiger partial charge on any atom is -0.381 e. The van der Waals surface area contributed by atoms with Gasteiger partial charge in [0.1, 0.15) is 5.56 Å². The topological polar surface area (TPSA) is 134 Å². The van der Waals surface area contributed by atoms with Gasteiger partial charge in [0, 0.05) is 51.4 Å². The number of rotatable bonds is 4. The Morgan fingerprint density at radius 3 is 2.63 bits per heavy atom. The summed E-state index contributed by atoms with van der Waals surface area (Å²) in [5.41, 5.74) is 8.48. The van der Waals surface area contributed by atoms with Crippen molar-refractivity contribution >= 4 is 34.7 Å². The summed E-state index contributed by atoms with van der Waals surface area (Å²) in [5.74, 6) is -0.895. The highest BCUT2D eigenvalue weighted by Crippen LogP contribution is 2.33. The number of aryl methyl sites for hydroxylation is 1. The van der Waals surface area contributed by atoms with Crippen LogP contribution in [0, 0.1) is 18.7 Å². The number of piperazine rings is 1. The van der Waals surface area contributed by atoms with E-state index in [2.05, 4.69) is 30.6 Å².